The molecule has 47 heavy (non-hydrogen) atoms. The van der Waals surface area contributed by atoms with Gasteiger partial charge in [-0.1, -0.05) is 73.9 Å². The van der Waals surface area contributed by atoms with Gasteiger partial charge in [-0.05, 0) is 57.7 Å². The van der Waals surface area contributed by atoms with E-state index >= 15 is 0 Å². The smallest absolute Gasteiger partial charge is 0.422 e. The number of aromatic nitrogens is 1. The number of carbonyl (C=O) groups is 4. The third-order valence-electron chi connectivity index (χ3n) is 7.98. The van der Waals surface area contributed by atoms with Crippen LogP contribution in [0, 0.1) is 0 Å². The van der Waals surface area contributed by atoms with E-state index in [4.69, 9.17) is 10.5 Å². The van der Waals surface area contributed by atoms with Crippen LogP contribution < -0.4 is 21.8 Å². The van der Waals surface area contributed by atoms with Crippen LogP contribution in [0.3, 0.4) is 0 Å². The summed E-state index contributed by atoms with van der Waals surface area (Å²) in [4.78, 5) is 56.1. The number of nitrogens with one attached hydrogen (secondary N) is 3. The molecule has 1 heterocycles. The summed E-state index contributed by atoms with van der Waals surface area (Å²) in [6.45, 7) is 5.31. The minimum Gasteiger partial charge on any atom is -0.443 e. The Kier molecular flexibility index (Phi) is 12.3. The molecule has 1 aromatic heterocycles. The summed E-state index contributed by atoms with van der Waals surface area (Å²) in [5.74, 6) is -2.13. The van der Waals surface area contributed by atoms with Gasteiger partial charge in [0.15, 0.2) is 0 Å². The molecule has 1 unspecified atom stereocenters. The van der Waals surface area contributed by atoms with Crippen molar-refractivity contribution in [1.29, 1.82) is 0 Å². The maximum Gasteiger partial charge on any atom is 0.422 e. The average Bonchev–Trinajstić information content (AvgIpc) is 3.03. The lowest BCUT2D eigenvalue weighted by molar-refractivity contribution is -0.128. The van der Waals surface area contributed by atoms with Crippen molar-refractivity contribution in [3.63, 3.8) is 0 Å². The Bertz CT molecular complexity index is 1520. The second kappa shape index (κ2) is 16.3. The van der Waals surface area contributed by atoms with Gasteiger partial charge >= 0.3 is 6.09 Å². The summed E-state index contributed by atoms with van der Waals surface area (Å²) < 4.78 is 5.49. The fourth-order valence-electron chi connectivity index (χ4n) is 5.70. The highest BCUT2D eigenvalue weighted by molar-refractivity contribution is 5.99. The van der Waals surface area contributed by atoms with Crippen LogP contribution in [0.2, 0.25) is 0 Å². The molecule has 4 amide bonds. The van der Waals surface area contributed by atoms with Gasteiger partial charge in [0.25, 0.3) is 5.91 Å². The second-order valence-electron chi connectivity index (χ2n) is 13.0. The Hall–Kier alpha value is -4.55. The maximum absolute atomic E-state index is 13.7. The van der Waals surface area contributed by atoms with Crippen molar-refractivity contribution in [2.45, 2.75) is 95.5 Å². The van der Waals surface area contributed by atoms with Crippen molar-refractivity contribution >= 4 is 34.7 Å². The molecule has 4 rings (SSSR count). The third kappa shape index (κ3) is 11.0. The van der Waals surface area contributed by atoms with Gasteiger partial charge in [0.2, 0.25) is 11.8 Å². The molecule has 0 bridgehead atoms. The SMILES string of the molecule is CC(C)(C)OC(=O)NN(CC(O)[C@H](Cc1ccccc1)NC(=O)[C@H](CC(N)=O)NC(=O)c1ccc2ccccc2n1)C1CCCCC1. The Labute approximate surface area is 275 Å². The fraction of sp³-hybridized carbons (Fsp3) is 0.457. The first-order valence-electron chi connectivity index (χ1n) is 16.1. The molecule has 0 aliphatic heterocycles. The van der Waals surface area contributed by atoms with Crippen molar-refractivity contribution in [2.75, 3.05) is 6.54 Å². The van der Waals surface area contributed by atoms with Gasteiger partial charge in [-0.3, -0.25) is 19.8 Å². The van der Waals surface area contributed by atoms with E-state index in [1.807, 2.05) is 42.5 Å². The molecule has 0 saturated heterocycles. The van der Waals surface area contributed by atoms with E-state index in [0.29, 0.717) is 5.52 Å². The number of pyridine rings is 1. The van der Waals surface area contributed by atoms with Crippen LogP contribution in [0.25, 0.3) is 10.9 Å². The number of nitrogens with two attached hydrogens (primary N) is 1. The quantitative estimate of drug-likeness (QED) is 0.176. The molecule has 3 aromatic rings. The highest BCUT2D eigenvalue weighted by Crippen LogP contribution is 2.23. The number of hydrogen-bond donors (Lipinski definition) is 5. The number of fused-ring (bicyclic) bond motifs is 1. The minimum absolute atomic E-state index is 0.00442. The first kappa shape index (κ1) is 35.3. The molecule has 1 aliphatic rings. The molecule has 12 nitrogen and oxygen atoms in total. The Morgan fingerprint density at radius 1 is 0.957 bits per heavy atom. The molecule has 1 saturated carbocycles. The van der Waals surface area contributed by atoms with Gasteiger partial charge in [-0.25, -0.2) is 14.8 Å². The zero-order valence-electron chi connectivity index (χ0n) is 27.3. The first-order valence-corrected chi connectivity index (χ1v) is 16.1. The molecule has 1 aliphatic carbocycles. The number of nitrogens with zero attached hydrogens (tertiary/aromatic N) is 2. The van der Waals surface area contributed by atoms with Gasteiger partial charge in [-0.2, -0.15) is 0 Å². The number of carbonyl (C=O) groups excluding carboxylic acids is 4. The lowest BCUT2D eigenvalue weighted by Gasteiger charge is -2.37. The van der Waals surface area contributed by atoms with Crippen LogP contribution in [0.5, 0.6) is 0 Å². The van der Waals surface area contributed by atoms with Crippen LogP contribution >= 0.6 is 0 Å². The first-order chi connectivity index (χ1) is 22.4. The average molecular weight is 647 g/mol. The maximum atomic E-state index is 13.7. The highest BCUT2D eigenvalue weighted by atomic mass is 16.6. The van der Waals surface area contributed by atoms with Gasteiger partial charge in [0.05, 0.1) is 24.1 Å². The van der Waals surface area contributed by atoms with E-state index < -0.39 is 54.0 Å². The lowest BCUT2D eigenvalue weighted by atomic mass is 9.94. The molecule has 252 valence electrons. The normalized spacial score (nSPS) is 15.8. The summed E-state index contributed by atoms with van der Waals surface area (Å²) >= 11 is 0. The topological polar surface area (TPSA) is 176 Å². The van der Waals surface area contributed by atoms with E-state index in [0.717, 1.165) is 43.1 Å². The van der Waals surface area contributed by atoms with E-state index in [1.165, 1.54) is 6.07 Å². The van der Waals surface area contributed by atoms with E-state index in [-0.39, 0.29) is 24.7 Å². The standard InChI is InChI=1S/C35H46N6O6/c1-35(2,3)47-34(46)40-41(25-15-8-5-9-16-25)22-30(42)28(20-23-12-6-4-7-13-23)38-33(45)29(21-31(36)43)39-32(44)27-19-18-24-14-10-11-17-26(24)37-27/h4,6-7,10-14,17-19,25,28-30,42H,5,8-9,15-16,20-22H2,1-3H3,(H2,36,43)(H,38,45)(H,39,44)(H,40,46)/t28-,29-,30?/m0/s1. The zero-order chi connectivity index (χ0) is 34.0. The molecule has 6 N–H and O–H groups in total. The predicted molar refractivity (Wildman–Crippen MR) is 178 cm³/mol. The summed E-state index contributed by atoms with van der Waals surface area (Å²) in [6.07, 6.45) is 2.69. The number of benzene rings is 2. The Morgan fingerprint density at radius 2 is 1.64 bits per heavy atom. The number of rotatable bonds is 13. The Morgan fingerprint density at radius 3 is 2.32 bits per heavy atom. The molecule has 1 fully saturated rings. The minimum atomic E-state index is -1.33. The molecular formula is C35H46N6O6. The lowest BCUT2D eigenvalue weighted by Crippen LogP contribution is -2.59. The molecule has 3 atom stereocenters. The number of hydrogen-bond acceptors (Lipinski definition) is 8. The number of aliphatic hydroxyl groups is 1. The van der Waals surface area contributed by atoms with Gasteiger partial charge in [0, 0.05) is 18.0 Å². The molecular weight excluding hydrogens is 600 g/mol. The molecule has 2 aromatic carbocycles. The molecule has 0 spiro atoms. The van der Waals surface area contributed by atoms with Crippen molar-refractivity contribution < 1.29 is 29.0 Å². The van der Waals surface area contributed by atoms with Crippen LogP contribution in [-0.4, -0.2) is 75.3 Å². The van der Waals surface area contributed by atoms with Crippen LogP contribution in [-0.2, 0) is 20.7 Å². The fourth-order valence-corrected chi connectivity index (χ4v) is 5.70. The third-order valence-corrected chi connectivity index (χ3v) is 7.98. The number of ether oxygens (including phenoxy) is 1. The number of para-hydroxylation sites is 1. The predicted octanol–water partition coefficient (Wildman–Crippen LogP) is 3.37. The highest BCUT2D eigenvalue weighted by Gasteiger charge is 2.33. The zero-order valence-corrected chi connectivity index (χ0v) is 27.3. The van der Waals surface area contributed by atoms with Crippen LogP contribution in [0.4, 0.5) is 4.79 Å². The number of aliphatic hydroxyl groups excluding tert-OH is 1. The largest absolute Gasteiger partial charge is 0.443 e. The van der Waals surface area contributed by atoms with E-state index in [1.54, 1.807) is 44.0 Å². The number of amides is 4. The molecule has 12 heteroatoms. The van der Waals surface area contributed by atoms with Crippen molar-refractivity contribution in [3.05, 3.63) is 78.0 Å². The van der Waals surface area contributed by atoms with Crippen LogP contribution in [0.1, 0.15) is 75.3 Å². The monoisotopic (exact) mass is 646 g/mol. The van der Waals surface area contributed by atoms with E-state index in [2.05, 4.69) is 21.0 Å². The van der Waals surface area contributed by atoms with Gasteiger partial charge < -0.3 is 26.2 Å². The molecule has 0 radical (unpaired) electrons. The summed E-state index contributed by atoms with van der Waals surface area (Å²) in [6, 6.07) is 17.7. The summed E-state index contributed by atoms with van der Waals surface area (Å²) in [7, 11) is 0. The van der Waals surface area contributed by atoms with Gasteiger partial charge in [-0.15, -0.1) is 0 Å². The van der Waals surface area contributed by atoms with Gasteiger partial charge in [0.1, 0.15) is 17.3 Å². The van der Waals surface area contributed by atoms with Crippen molar-refractivity contribution in [2.24, 2.45) is 5.73 Å². The number of primary amides is 1. The summed E-state index contributed by atoms with van der Waals surface area (Å²) in [5.41, 5.74) is 9.11. The number of hydrazine groups is 1. The van der Waals surface area contributed by atoms with Crippen molar-refractivity contribution in [1.82, 2.24) is 26.1 Å². The van der Waals surface area contributed by atoms with Crippen molar-refractivity contribution in [3.8, 4) is 0 Å². The van der Waals surface area contributed by atoms with Crippen LogP contribution in [0.15, 0.2) is 66.7 Å². The summed E-state index contributed by atoms with van der Waals surface area (Å²) in [5, 5.41) is 19.7. The second-order valence-corrected chi connectivity index (χ2v) is 13.0. The van der Waals surface area contributed by atoms with E-state index in [9.17, 15) is 24.3 Å². The Balaban J connectivity index is 1.54.